The van der Waals surface area contributed by atoms with E-state index in [2.05, 4.69) is 15.0 Å². The summed E-state index contributed by atoms with van der Waals surface area (Å²) in [6.07, 6.45) is 3.44. The van der Waals surface area contributed by atoms with Crippen LogP contribution in [0.2, 0.25) is 5.02 Å². The summed E-state index contributed by atoms with van der Waals surface area (Å²) in [5.41, 5.74) is 5.22. The van der Waals surface area contributed by atoms with Gasteiger partial charge in [0.15, 0.2) is 0 Å². The van der Waals surface area contributed by atoms with Crippen molar-refractivity contribution in [3.8, 4) is 0 Å². The molecule has 3 aromatic rings. The largest absolute Gasteiger partial charge is 0.451 e. The smallest absolute Gasteiger partial charge is 0.325 e. The minimum absolute atomic E-state index is 0.231. The molecule has 5 heterocycles. The van der Waals surface area contributed by atoms with E-state index in [1.54, 1.807) is 11.1 Å². The zero-order chi connectivity index (χ0) is 23.5. The monoisotopic (exact) mass is 484 g/mol. The zero-order valence-corrected chi connectivity index (χ0v) is 18.9. The minimum Gasteiger partial charge on any atom is -0.325 e. The first-order valence-electron chi connectivity index (χ1n) is 11.2. The predicted octanol–water partition coefficient (Wildman–Crippen LogP) is 5.77. The SMILES string of the molecule is FC(F)(F)c1nccc(N2CCCc3nc(C4(C5=Nc6cc(Cl)cnc6C5)CCC4)ccc32)n1. The number of rotatable bonds is 3. The van der Waals surface area contributed by atoms with Gasteiger partial charge < -0.3 is 4.90 Å². The maximum atomic E-state index is 13.2. The van der Waals surface area contributed by atoms with Crippen molar-refractivity contribution >= 4 is 34.5 Å². The van der Waals surface area contributed by atoms with Crippen molar-refractivity contribution in [2.24, 2.45) is 4.99 Å². The van der Waals surface area contributed by atoms with Crippen LogP contribution in [0.1, 0.15) is 48.6 Å². The summed E-state index contributed by atoms with van der Waals surface area (Å²) in [6.45, 7) is 0.571. The van der Waals surface area contributed by atoms with Gasteiger partial charge in [0.1, 0.15) is 5.82 Å². The quantitative estimate of drug-likeness (QED) is 0.472. The van der Waals surface area contributed by atoms with Crippen molar-refractivity contribution in [2.75, 3.05) is 11.4 Å². The molecule has 0 radical (unpaired) electrons. The molecule has 6 nitrogen and oxygen atoms in total. The van der Waals surface area contributed by atoms with Crippen molar-refractivity contribution in [2.45, 2.75) is 50.1 Å². The van der Waals surface area contributed by atoms with Crippen LogP contribution in [0.5, 0.6) is 0 Å². The van der Waals surface area contributed by atoms with Crippen molar-refractivity contribution in [1.29, 1.82) is 0 Å². The number of halogens is 4. The molecule has 0 N–H and O–H groups in total. The van der Waals surface area contributed by atoms with Crippen LogP contribution in [0.15, 0.2) is 41.7 Å². The van der Waals surface area contributed by atoms with Gasteiger partial charge in [-0.05, 0) is 49.9 Å². The first-order valence-corrected chi connectivity index (χ1v) is 11.6. The van der Waals surface area contributed by atoms with Crippen LogP contribution in [0.3, 0.4) is 0 Å². The number of hydrogen-bond donors (Lipinski definition) is 0. The van der Waals surface area contributed by atoms with Gasteiger partial charge in [0, 0.05) is 31.1 Å². The van der Waals surface area contributed by atoms with E-state index >= 15 is 0 Å². The molecule has 174 valence electrons. The highest BCUT2D eigenvalue weighted by molar-refractivity contribution is 6.30. The average Bonchev–Trinajstić information content (AvgIpc) is 3.20. The summed E-state index contributed by atoms with van der Waals surface area (Å²) in [6, 6.07) is 7.31. The summed E-state index contributed by atoms with van der Waals surface area (Å²) in [5, 5.41) is 0.566. The fourth-order valence-corrected chi connectivity index (χ4v) is 5.27. The molecule has 34 heavy (non-hydrogen) atoms. The summed E-state index contributed by atoms with van der Waals surface area (Å²) >= 11 is 6.11. The lowest BCUT2D eigenvalue weighted by molar-refractivity contribution is -0.144. The van der Waals surface area contributed by atoms with E-state index < -0.39 is 12.0 Å². The van der Waals surface area contributed by atoms with Gasteiger partial charge in [-0.15, -0.1) is 0 Å². The number of aliphatic imine (C=N–C) groups is 1. The molecule has 0 spiro atoms. The highest BCUT2D eigenvalue weighted by Crippen LogP contribution is 2.48. The Morgan fingerprint density at radius 1 is 1.00 bits per heavy atom. The number of aryl methyl sites for hydroxylation is 1. The molecule has 3 aliphatic rings. The second-order valence-corrected chi connectivity index (χ2v) is 9.38. The summed E-state index contributed by atoms with van der Waals surface area (Å²) in [5.74, 6) is -0.905. The third-order valence-corrected chi connectivity index (χ3v) is 7.17. The third-order valence-electron chi connectivity index (χ3n) is 6.96. The Labute approximate surface area is 199 Å². The van der Waals surface area contributed by atoms with Crippen LogP contribution in [0, 0.1) is 0 Å². The lowest BCUT2D eigenvalue weighted by Gasteiger charge is -2.42. The van der Waals surface area contributed by atoms with Gasteiger partial charge in [-0.2, -0.15) is 13.2 Å². The predicted molar refractivity (Wildman–Crippen MR) is 122 cm³/mol. The Morgan fingerprint density at radius 3 is 2.62 bits per heavy atom. The Bertz CT molecular complexity index is 1320. The number of aromatic nitrogens is 4. The van der Waals surface area contributed by atoms with Crippen LogP contribution in [0.4, 0.5) is 30.4 Å². The van der Waals surface area contributed by atoms with E-state index in [4.69, 9.17) is 21.6 Å². The Hall–Kier alpha value is -3.07. The summed E-state index contributed by atoms with van der Waals surface area (Å²) < 4.78 is 39.5. The molecule has 0 aromatic carbocycles. The summed E-state index contributed by atoms with van der Waals surface area (Å²) in [4.78, 5) is 23.3. The van der Waals surface area contributed by atoms with Crippen LogP contribution in [-0.4, -0.2) is 32.2 Å². The van der Waals surface area contributed by atoms with Crippen molar-refractivity contribution in [3.63, 3.8) is 0 Å². The summed E-state index contributed by atoms with van der Waals surface area (Å²) in [7, 11) is 0. The van der Waals surface area contributed by atoms with Crippen molar-refractivity contribution < 1.29 is 13.2 Å². The fraction of sp³-hybridized carbons (Fsp3) is 0.375. The minimum atomic E-state index is -4.59. The van der Waals surface area contributed by atoms with E-state index in [9.17, 15) is 13.2 Å². The van der Waals surface area contributed by atoms with Gasteiger partial charge >= 0.3 is 6.18 Å². The molecule has 0 bridgehead atoms. The maximum Gasteiger partial charge on any atom is 0.451 e. The van der Waals surface area contributed by atoms with Gasteiger partial charge in [-0.1, -0.05) is 18.0 Å². The van der Waals surface area contributed by atoms with Crippen LogP contribution in [0.25, 0.3) is 0 Å². The molecule has 2 aliphatic heterocycles. The van der Waals surface area contributed by atoms with Crippen LogP contribution >= 0.6 is 11.6 Å². The number of hydrogen-bond acceptors (Lipinski definition) is 6. The third kappa shape index (κ3) is 3.45. The molecule has 10 heteroatoms. The highest BCUT2D eigenvalue weighted by Gasteiger charge is 2.46. The number of fused-ring (bicyclic) bond motifs is 2. The van der Waals surface area contributed by atoms with E-state index in [0.717, 1.165) is 72.5 Å². The Kier molecular flexibility index (Phi) is 4.88. The standard InChI is InChI=1S/C24H20ClF3N6/c25-14-11-17-16(30-13-14)12-20(32-17)23(7-2-8-23)19-5-4-18-15(31-19)3-1-10-34(18)21-6-9-29-22(33-21)24(26,27)28/h4-6,9,11,13H,1-3,7-8,10,12H2. The molecule has 6 rings (SSSR count). The van der Waals surface area contributed by atoms with Crippen molar-refractivity contribution in [1.82, 2.24) is 19.9 Å². The van der Waals surface area contributed by atoms with Gasteiger partial charge in [0.25, 0.3) is 0 Å². The second-order valence-electron chi connectivity index (χ2n) is 8.94. The molecule has 3 aromatic heterocycles. The van der Waals surface area contributed by atoms with Crippen molar-refractivity contribution in [3.05, 3.63) is 64.6 Å². The molecular weight excluding hydrogens is 465 g/mol. The second kappa shape index (κ2) is 7.73. The van der Waals surface area contributed by atoms with Crippen LogP contribution in [-0.2, 0) is 24.4 Å². The van der Waals surface area contributed by atoms with E-state index in [1.165, 1.54) is 6.07 Å². The normalized spacial score (nSPS) is 18.7. The number of anilines is 2. The first kappa shape index (κ1) is 21.5. The Morgan fingerprint density at radius 2 is 1.85 bits per heavy atom. The molecule has 1 saturated carbocycles. The van der Waals surface area contributed by atoms with E-state index in [-0.39, 0.29) is 11.2 Å². The maximum absolute atomic E-state index is 13.2. The van der Waals surface area contributed by atoms with Crippen LogP contribution < -0.4 is 4.90 Å². The first-order chi connectivity index (χ1) is 16.3. The number of alkyl halides is 3. The lowest BCUT2D eigenvalue weighted by Crippen LogP contribution is -2.43. The fourth-order valence-electron chi connectivity index (χ4n) is 5.12. The molecule has 0 unspecified atom stereocenters. The molecule has 0 amide bonds. The number of nitrogens with zero attached hydrogens (tertiary/aromatic N) is 6. The van der Waals surface area contributed by atoms with Gasteiger partial charge in [0.2, 0.25) is 5.82 Å². The van der Waals surface area contributed by atoms with E-state index in [1.807, 2.05) is 18.2 Å². The van der Waals surface area contributed by atoms with E-state index in [0.29, 0.717) is 18.0 Å². The molecule has 0 atom stereocenters. The van der Waals surface area contributed by atoms with Gasteiger partial charge in [-0.25, -0.2) is 9.97 Å². The Balaban J connectivity index is 1.35. The molecule has 1 aliphatic carbocycles. The number of pyridine rings is 2. The lowest BCUT2D eigenvalue weighted by atomic mass is 9.62. The highest BCUT2D eigenvalue weighted by atomic mass is 35.5. The van der Waals surface area contributed by atoms with Gasteiger partial charge in [-0.3, -0.25) is 15.0 Å². The molecular formula is C24H20ClF3N6. The topological polar surface area (TPSA) is 67.2 Å². The molecule has 1 fully saturated rings. The molecule has 0 saturated heterocycles. The zero-order valence-electron chi connectivity index (χ0n) is 18.1. The van der Waals surface area contributed by atoms with Gasteiger partial charge in [0.05, 0.1) is 38.9 Å². The average molecular weight is 485 g/mol.